The largest absolute Gasteiger partial charge is 0.382 e. The number of aromatic nitrogens is 2. The van der Waals surface area contributed by atoms with Crippen LogP contribution in [0.25, 0.3) is 0 Å². The van der Waals surface area contributed by atoms with Gasteiger partial charge in [-0.3, -0.25) is 9.89 Å². The summed E-state index contributed by atoms with van der Waals surface area (Å²) in [5, 5.41) is 9.57. The van der Waals surface area contributed by atoms with Gasteiger partial charge in [-0.05, 0) is 20.3 Å². The van der Waals surface area contributed by atoms with E-state index in [0.717, 1.165) is 17.7 Å². The first kappa shape index (κ1) is 12.7. The van der Waals surface area contributed by atoms with Gasteiger partial charge in [-0.1, -0.05) is 0 Å². The Hall–Kier alpha value is -1.36. The van der Waals surface area contributed by atoms with Crippen LogP contribution in [0, 0.1) is 6.92 Å². The molecule has 16 heavy (non-hydrogen) atoms. The average Bonchev–Trinajstić information content (AvgIpc) is 2.67. The van der Waals surface area contributed by atoms with Crippen molar-refractivity contribution < 1.29 is 9.53 Å². The maximum Gasteiger partial charge on any atom is 0.220 e. The first-order valence-electron chi connectivity index (χ1n) is 5.57. The van der Waals surface area contributed by atoms with Gasteiger partial charge in [0.1, 0.15) is 0 Å². The predicted molar refractivity (Wildman–Crippen MR) is 60.9 cm³/mol. The van der Waals surface area contributed by atoms with E-state index in [4.69, 9.17) is 4.74 Å². The molecule has 0 aliphatic carbocycles. The average molecular weight is 225 g/mol. The van der Waals surface area contributed by atoms with Crippen molar-refractivity contribution in [2.24, 2.45) is 0 Å². The third-order valence-corrected chi connectivity index (χ3v) is 2.31. The first-order valence-corrected chi connectivity index (χ1v) is 5.57. The Bertz CT molecular complexity index is 323. The van der Waals surface area contributed by atoms with Crippen molar-refractivity contribution in [3.63, 3.8) is 0 Å². The number of hydrogen-bond donors (Lipinski definition) is 2. The van der Waals surface area contributed by atoms with E-state index < -0.39 is 0 Å². The molecule has 1 amide bonds. The molecule has 5 nitrogen and oxygen atoms in total. The Balaban J connectivity index is 2.13. The van der Waals surface area contributed by atoms with Gasteiger partial charge >= 0.3 is 0 Å². The number of rotatable bonds is 7. The lowest BCUT2D eigenvalue weighted by molar-refractivity contribution is -0.121. The zero-order valence-corrected chi connectivity index (χ0v) is 9.88. The number of nitrogens with one attached hydrogen (secondary N) is 2. The zero-order chi connectivity index (χ0) is 11.8. The van der Waals surface area contributed by atoms with E-state index in [1.54, 1.807) is 6.20 Å². The molecule has 0 unspecified atom stereocenters. The fourth-order valence-corrected chi connectivity index (χ4v) is 1.32. The minimum absolute atomic E-state index is 0.0558. The Morgan fingerprint density at radius 1 is 1.62 bits per heavy atom. The van der Waals surface area contributed by atoms with Gasteiger partial charge in [-0.15, -0.1) is 0 Å². The number of aryl methyl sites for hydroxylation is 1. The van der Waals surface area contributed by atoms with E-state index in [9.17, 15) is 4.79 Å². The van der Waals surface area contributed by atoms with Crippen LogP contribution in [0.4, 0.5) is 0 Å². The molecule has 1 rings (SSSR count). The second-order valence-electron chi connectivity index (χ2n) is 3.60. The van der Waals surface area contributed by atoms with E-state index in [1.165, 1.54) is 0 Å². The molecule has 0 spiro atoms. The summed E-state index contributed by atoms with van der Waals surface area (Å²) >= 11 is 0. The minimum Gasteiger partial charge on any atom is -0.382 e. The van der Waals surface area contributed by atoms with Crippen molar-refractivity contribution in [1.82, 2.24) is 15.5 Å². The normalized spacial score (nSPS) is 10.4. The second-order valence-corrected chi connectivity index (χ2v) is 3.60. The summed E-state index contributed by atoms with van der Waals surface area (Å²) in [5.41, 5.74) is 2.02. The lowest BCUT2D eigenvalue weighted by Crippen LogP contribution is -2.22. The van der Waals surface area contributed by atoms with E-state index >= 15 is 0 Å². The minimum atomic E-state index is 0.0558. The molecule has 0 radical (unpaired) electrons. The van der Waals surface area contributed by atoms with Crippen LogP contribution in [0.5, 0.6) is 0 Å². The Kier molecular flexibility index (Phi) is 5.56. The van der Waals surface area contributed by atoms with Gasteiger partial charge < -0.3 is 10.1 Å². The first-order chi connectivity index (χ1) is 7.74. The number of H-pyrrole nitrogens is 1. The summed E-state index contributed by atoms with van der Waals surface area (Å²) in [7, 11) is 0. The fourth-order valence-electron chi connectivity index (χ4n) is 1.32. The second kappa shape index (κ2) is 7.00. The van der Waals surface area contributed by atoms with Crippen molar-refractivity contribution in [3.05, 3.63) is 17.5 Å². The summed E-state index contributed by atoms with van der Waals surface area (Å²) in [5.74, 6) is 0.0558. The van der Waals surface area contributed by atoms with E-state index in [-0.39, 0.29) is 5.91 Å². The highest BCUT2D eigenvalue weighted by atomic mass is 16.5. The van der Waals surface area contributed by atoms with Gasteiger partial charge in [0.2, 0.25) is 5.91 Å². The Labute approximate surface area is 95.6 Å². The van der Waals surface area contributed by atoms with Gasteiger partial charge in [-0.25, -0.2) is 0 Å². The topological polar surface area (TPSA) is 67.0 Å². The van der Waals surface area contributed by atoms with Gasteiger partial charge in [0.15, 0.2) is 0 Å². The summed E-state index contributed by atoms with van der Waals surface area (Å²) in [6, 6.07) is 0. The number of amides is 1. The highest BCUT2D eigenvalue weighted by Gasteiger charge is 2.03. The van der Waals surface area contributed by atoms with Crippen LogP contribution in [-0.2, 0) is 16.1 Å². The lowest BCUT2D eigenvalue weighted by Gasteiger charge is -2.04. The molecular weight excluding hydrogens is 206 g/mol. The van der Waals surface area contributed by atoms with Crippen LogP contribution in [0.1, 0.15) is 31.0 Å². The van der Waals surface area contributed by atoms with Gasteiger partial charge in [0, 0.05) is 37.4 Å². The monoisotopic (exact) mass is 225 g/mol. The smallest absolute Gasteiger partial charge is 0.220 e. The molecule has 0 atom stereocenters. The molecule has 1 aromatic heterocycles. The number of carbonyl (C=O) groups excluding carboxylic acids is 1. The molecule has 2 N–H and O–H groups in total. The Morgan fingerprint density at radius 2 is 2.44 bits per heavy atom. The van der Waals surface area contributed by atoms with E-state index in [2.05, 4.69) is 15.5 Å². The number of hydrogen-bond acceptors (Lipinski definition) is 3. The van der Waals surface area contributed by atoms with E-state index in [1.807, 2.05) is 13.8 Å². The maximum absolute atomic E-state index is 11.4. The molecule has 0 saturated heterocycles. The molecule has 0 aromatic carbocycles. The molecule has 90 valence electrons. The highest BCUT2D eigenvalue weighted by molar-refractivity contribution is 5.75. The van der Waals surface area contributed by atoms with Crippen molar-refractivity contribution in [3.8, 4) is 0 Å². The molecule has 0 saturated carbocycles. The zero-order valence-electron chi connectivity index (χ0n) is 9.88. The molecule has 0 aliphatic rings. The molecule has 0 bridgehead atoms. The van der Waals surface area contributed by atoms with Crippen LogP contribution in [0.15, 0.2) is 6.20 Å². The van der Waals surface area contributed by atoms with Crippen molar-refractivity contribution in [2.45, 2.75) is 33.2 Å². The molecular formula is C11H19N3O2. The number of nitrogens with zero attached hydrogens (tertiary/aromatic N) is 1. The van der Waals surface area contributed by atoms with Crippen molar-refractivity contribution in [1.29, 1.82) is 0 Å². The summed E-state index contributed by atoms with van der Waals surface area (Å²) in [4.78, 5) is 11.4. The van der Waals surface area contributed by atoms with Crippen LogP contribution >= 0.6 is 0 Å². The molecule has 0 fully saturated rings. The van der Waals surface area contributed by atoms with Gasteiger partial charge in [0.05, 0.1) is 6.20 Å². The van der Waals surface area contributed by atoms with Gasteiger partial charge in [0.25, 0.3) is 0 Å². The molecule has 1 heterocycles. The summed E-state index contributed by atoms with van der Waals surface area (Å²) in [6.07, 6.45) is 3.01. The van der Waals surface area contributed by atoms with Crippen LogP contribution in [0.2, 0.25) is 0 Å². The predicted octanol–water partition coefficient (Wildman–Crippen LogP) is 1.15. The summed E-state index contributed by atoms with van der Waals surface area (Å²) < 4.78 is 5.16. The third-order valence-electron chi connectivity index (χ3n) is 2.31. The van der Waals surface area contributed by atoms with E-state index in [0.29, 0.717) is 26.2 Å². The summed E-state index contributed by atoms with van der Waals surface area (Å²) in [6.45, 7) is 5.77. The van der Waals surface area contributed by atoms with Crippen LogP contribution < -0.4 is 5.32 Å². The highest BCUT2D eigenvalue weighted by Crippen LogP contribution is 2.01. The maximum atomic E-state index is 11.4. The van der Waals surface area contributed by atoms with Crippen LogP contribution in [0.3, 0.4) is 0 Å². The number of ether oxygens (including phenoxy) is 1. The standard InChI is InChI=1S/C11H19N3O2/c1-3-16-6-4-5-11(15)12-7-10-8-13-14-9(10)2/h8H,3-7H2,1-2H3,(H,12,15)(H,13,14). The number of aromatic amines is 1. The number of carbonyl (C=O) groups is 1. The molecule has 5 heteroatoms. The SMILES string of the molecule is CCOCCCC(=O)NCc1cn[nH]c1C. The van der Waals surface area contributed by atoms with Crippen LogP contribution in [-0.4, -0.2) is 29.3 Å². The lowest BCUT2D eigenvalue weighted by atomic mass is 10.2. The fraction of sp³-hybridized carbons (Fsp3) is 0.636. The van der Waals surface area contributed by atoms with Crippen molar-refractivity contribution in [2.75, 3.05) is 13.2 Å². The Morgan fingerprint density at radius 3 is 3.06 bits per heavy atom. The molecule has 1 aromatic rings. The third kappa shape index (κ3) is 4.44. The quantitative estimate of drug-likeness (QED) is 0.684. The molecule has 0 aliphatic heterocycles. The van der Waals surface area contributed by atoms with Crippen molar-refractivity contribution >= 4 is 5.91 Å². The van der Waals surface area contributed by atoms with Gasteiger partial charge in [-0.2, -0.15) is 5.10 Å².